The van der Waals surface area contributed by atoms with Crippen molar-refractivity contribution in [3.63, 3.8) is 0 Å². The van der Waals surface area contributed by atoms with Crippen molar-refractivity contribution in [2.45, 2.75) is 38.6 Å². The second kappa shape index (κ2) is 7.80. The third-order valence-electron chi connectivity index (χ3n) is 3.35. The lowest BCUT2D eigenvalue weighted by atomic mass is 9.94. The van der Waals surface area contributed by atoms with Crippen LogP contribution in [0, 0.1) is 5.82 Å². The van der Waals surface area contributed by atoms with Crippen LogP contribution in [0.25, 0.3) is 6.08 Å². The molecule has 0 heterocycles. The van der Waals surface area contributed by atoms with Gasteiger partial charge in [0.15, 0.2) is 0 Å². The van der Waals surface area contributed by atoms with Gasteiger partial charge in [0.05, 0.1) is 0 Å². The second-order valence-electron chi connectivity index (χ2n) is 5.10. The molecule has 1 aromatic carbocycles. The zero-order chi connectivity index (χ0) is 15.0. The van der Waals surface area contributed by atoms with Crippen molar-refractivity contribution in [1.82, 2.24) is 5.32 Å². The number of aliphatic hydroxyl groups excluding tert-OH is 1. The highest BCUT2D eigenvalue weighted by molar-refractivity contribution is 5.79. The van der Waals surface area contributed by atoms with E-state index in [-0.39, 0.29) is 30.3 Å². The van der Waals surface area contributed by atoms with Gasteiger partial charge in [-0.05, 0) is 37.5 Å². The van der Waals surface area contributed by atoms with Crippen molar-refractivity contribution < 1.29 is 14.3 Å². The first-order valence-corrected chi connectivity index (χ1v) is 6.83. The Kier molecular flexibility index (Phi) is 6.39. The largest absolute Gasteiger partial charge is 0.396 e. The SMILES string of the molecule is CCC(C)(CCO)NC(=O)C/C=C/c1cccc(F)c1. The summed E-state index contributed by atoms with van der Waals surface area (Å²) in [4.78, 5) is 11.8. The van der Waals surface area contributed by atoms with E-state index in [1.165, 1.54) is 12.1 Å². The smallest absolute Gasteiger partial charge is 0.224 e. The summed E-state index contributed by atoms with van der Waals surface area (Å²) in [5.41, 5.74) is 0.352. The molecule has 2 N–H and O–H groups in total. The first-order chi connectivity index (χ1) is 9.49. The third-order valence-corrected chi connectivity index (χ3v) is 3.35. The number of halogens is 1. The van der Waals surface area contributed by atoms with Gasteiger partial charge in [-0.15, -0.1) is 0 Å². The third kappa shape index (κ3) is 5.53. The van der Waals surface area contributed by atoms with E-state index in [9.17, 15) is 9.18 Å². The van der Waals surface area contributed by atoms with E-state index >= 15 is 0 Å². The molecular formula is C16H22FNO2. The number of benzene rings is 1. The average Bonchev–Trinajstić information content (AvgIpc) is 2.39. The molecular weight excluding hydrogens is 257 g/mol. The minimum atomic E-state index is -0.376. The number of aliphatic hydroxyl groups is 1. The van der Waals surface area contributed by atoms with Crippen LogP contribution in [-0.4, -0.2) is 23.2 Å². The Bertz CT molecular complexity index is 473. The van der Waals surface area contributed by atoms with Crippen molar-refractivity contribution in [2.24, 2.45) is 0 Å². The van der Waals surface area contributed by atoms with Crippen LogP contribution in [0.3, 0.4) is 0 Å². The molecule has 20 heavy (non-hydrogen) atoms. The molecule has 1 atom stereocenters. The lowest BCUT2D eigenvalue weighted by Gasteiger charge is -2.28. The molecule has 0 aliphatic heterocycles. The van der Waals surface area contributed by atoms with Crippen molar-refractivity contribution >= 4 is 12.0 Å². The van der Waals surface area contributed by atoms with Gasteiger partial charge >= 0.3 is 0 Å². The van der Waals surface area contributed by atoms with E-state index in [1.807, 2.05) is 13.8 Å². The monoisotopic (exact) mass is 279 g/mol. The molecule has 0 bridgehead atoms. The van der Waals surface area contributed by atoms with Crippen molar-refractivity contribution in [3.8, 4) is 0 Å². The predicted molar refractivity (Wildman–Crippen MR) is 78.6 cm³/mol. The van der Waals surface area contributed by atoms with Crippen molar-refractivity contribution in [1.29, 1.82) is 0 Å². The van der Waals surface area contributed by atoms with E-state index < -0.39 is 0 Å². The molecule has 0 spiro atoms. The Balaban J connectivity index is 2.51. The first-order valence-electron chi connectivity index (χ1n) is 6.83. The fourth-order valence-electron chi connectivity index (χ4n) is 1.87. The molecule has 0 radical (unpaired) electrons. The summed E-state index contributed by atoms with van der Waals surface area (Å²) in [7, 11) is 0. The fraction of sp³-hybridized carbons (Fsp3) is 0.438. The van der Waals surface area contributed by atoms with Crippen LogP contribution < -0.4 is 5.32 Å². The molecule has 0 saturated heterocycles. The van der Waals surface area contributed by atoms with Gasteiger partial charge in [0.2, 0.25) is 5.91 Å². The van der Waals surface area contributed by atoms with Gasteiger partial charge in [0, 0.05) is 18.6 Å². The maximum absolute atomic E-state index is 13.0. The highest BCUT2D eigenvalue weighted by Gasteiger charge is 2.22. The van der Waals surface area contributed by atoms with Crippen LogP contribution in [0.2, 0.25) is 0 Å². The van der Waals surface area contributed by atoms with Gasteiger partial charge in [-0.3, -0.25) is 4.79 Å². The standard InChI is InChI=1S/C16H22FNO2/c1-3-16(2,10-11-19)18-15(20)9-5-7-13-6-4-8-14(17)12-13/h4-8,12,19H,3,9-11H2,1-2H3,(H,18,20)/b7-5+. The molecule has 0 aromatic heterocycles. The number of hydrogen-bond acceptors (Lipinski definition) is 2. The van der Waals surface area contributed by atoms with Gasteiger partial charge in [-0.1, -0.05) is 31.2 Å². The number of rotatable bonds is 7. The lowest BCUT2D eigenvalue weighted by Crippen LogP contribution is -2.45. The zero-order valence-corrected chi connectivity index (χ0v) is 12.0. The molecule has 1 aromatic rings. The molecule has 110 valence electrons. The van der Waals surface area contributed by atoms with E-state index in [4.69, 9.17) is 5.11 Å². The normalized spacial score (nSPS) is 14.2. The summed E-state index contributed by atoms with van der Waals surface area (Å²) >= 11 is 0. The molecule has 0 saturated carbocycles. The average molecular weight is 279 g/mol. The van der Waals surface area contributed by atoms with Crippen LogP contribution in [0.15, 0.2) is 30.3 Å². The summed E-state index contributed by atoms with van der Waals surface area (Å²) in [5.74, 6) is -0.395. The van der Waals surface area contributed by atoms with Crippen molar-refractivity contribution in [3.05, 3.63) is 41.7 Å². The molecule has 1 amide bonds. The lowest BCUT2D eigenvalue weighted by molar-refractivity contribution is -0.122. The van der Waals surface area contributed by atoms with Gasteiger partial charge in [0.25, 0.3) is 0 Å². The topological polar surface area (TPSA) is 49.3 Å². The Labute approximate surface area is 119 Å². The highest BCUT2D eigenvalue weighted by atomic mass is 19.1. The van der Waals surface area contributed by atoms with Gasteiger partial charge in [-0.25, -0.2) is 4.39 Å². The first kappa shape index (κ1) is 16.4. The maximum atomic E-state index is 13.0. The molecule has 3 nitrogen and oxygen atoms in total. The summed E-state index contributed by atoms with van der Waals surface area (Å²) in [5, 5.41) is 11.9. The van der Waals surface area contributed by atoms with Crippen LogP contribution in [-0.2, 0) is 4.79 Å². The maximum Gasteiger partial charge on any atom is 0.224 e. The van der Waals surface area contributed by atoms with E-state index in [0.29, 0.717) is 6.42 Å². The Morgan fingerprint density at radius 1 is 1.50 bits per heavy atom. The molecule has 1 rings (SSSR count). The fourth-order valence-corrected chi connectivity index (χ4v) is 1.87. The van der Waals surface area contributed by atoms with E-state index in [0.717, 1.165) is 12.0 Å². The van der Waals surface area contributed by atoms with Gasteiger partial charge < -0.3 is 10.4 Å². The molecule has 0 aliphatic carbocycles. The number of amides is 1. The minimum Gasteiger partial charge on any atom is -0.396 e. The van der Waals surface area contributed by atoms with E-state index in [2.05, 4.69) is 5.32 Å². The molecule has 4 heteroatoms. The summed E-state index contributed by atoms with van der Waals surface area (Å²) in [6.07, 6.45) is 4.95. The van der Waals surface area contributed by atoms with E-state index in [1.54, 1.807) is 24.3 Å². The molecule has 0 aliphatic rings. The van der Waals surface area contributed by atoms with Crippen LogP contribution >= 0.6 is 0 Å². The number of carbonyl (C=O) groups is 1. The number of nitrogens with one attached hydrogen (secondary N) is 1. The summed E-state index contributed by atoms with van der Waals surface area (Å²) in [6.45, 7) is 3.93. The quantitative estimate of drug-likeness (QED) is 0.806. The summed E-state index contributed by atoms with van der Waals surface area (Å²) in [6, 6.07) is 6.20. The molecule has 1 unspecified atom stereocenters. The zero-order valence-electron chi connectivity index (χ0n) is 12.0. The molecule has 0 fully saturated rings. The van der Waals surface area contributed by atoms with Gasteiger partial charge in [-0.2, -0.15) is 0 Å². The Morgan fingerprint density at radius 2 is 2.25 bits per heavy atom. The van der Waals surface area contributed by atoms with Crippen LogP contribution in [0.4, 0.5) is 4.39 Å². The number of hydrogen-bond donors (Lipinski definition) is 2. The van der Waals surface area contributed by atoms with Crippen molar-refractivity contribution in [2.75, 3.05) is 6.61 Å². The Morgan fingerprint density at radius 3 is 2.85 bits per heavy atom. The number of carbonyl (C=O) groups excluding carboxylic acids is 1. The minimum absolute atomic E-state index is 0.0454. The predicted octanol–water partition coefficient (Wildman–Crippen LogP) is 2.90. The highest BCUT2D eigenvalue weighted by Crippen LogP contribution is 2.14. The summed E-state index contributed by atoms with van der Waals surface area (Å²) < 4.78 is 13.0. The second-order valence-corrected chi connectivity index (χ2v) is 5.10. The van der Waals surface area contributed by atoms with Crippen LogP contribution in [0.5, 0.6) is 0 Å². The van der Waals surface area contributed by atoms with Crippen LogP contribution in [0.1, 0.15) is 38.7 Å². The Hall–Kier alpha value is -1.68. The van der Waals surface area contributed by atoms with Gasteiger partial charge in [0.1, 0.15) is 5.82 Å².